The van der Waals surface area contributed by atoms with E-state index in [1.807, 2.05) is 0 Å². The maximum absolute atomic E-state index is 3.57. The molecular weight excluding hydrogens is 244 g/mol. The van der Waals surface area contributed by atoms with Crippen molar-refractivity contribution in [2.24, 2.45) is 5.92 Å². The standard InChI is InChI=1S/C18H30N2/c1-14(2)19-13-17-12-16(4)7-8-18(17)20-10-5-6-15(3)9-11-20/h7-8,12,14-15,19H,5-6,9-11,13H2,1-4H3. The van der Waals surface area contributed by atoms with E-state index in [2.05, 4.69) is 56.1 Å². The lowest BCUT2D eigenvalue weighted by Gasteiger charge is -2.26. The molecule has 0 bridgehead atoms. The van der Waals surface area contributed by atoms with Crippen molar-refractivity contribution in [2.45, 2.75) is 59.5 Å². The Morgan fingerprint density at radius 1 is 1.25 bits per heavy atom. The molecule has 1 heterocycles. The van der Waals surface area contributed by atoms with E-state index in [9.17, 15) is 0 Å². The zero-order valence-corrected chi connectivity index (χ0v) is 13.6. The summed E-state index contributed by atoms with van der Waals surface area (Å²) < 4.78 is 0. The first-order chi connectivity index (χ1) is 9.56. The minimum atomic E-state index is 0.535. The van der Waals surface area contributed by atoms with Gasteiger partial charge < -0.3 is 10.2 Å². The Morgan fingerprint density at radius 2 is 2.05 bits per heavy atom. The smallest absolute Gasteiger partial charge is 0.0412 e. The van der Waals surface area contributed by atoms with Crippen molar-refractivity contribution in [3.05, 3.63) is 29.3 Å². The summed E-state index contributed by atoms with van der Waals surface area (Å²) in [5.41, 5.74) is 4.25. The van der Waals surface area contributed by atoms with Gasteiger partial charge in [-0.2, -0.15) is 0 Å². The van der Waals surface area contributed by atoms with E-state index in [-0.39, 0.29) is 0 Å². The molecule has 0 aromatic heterocycles. The van der Waals surface area contributed by atoms with Gasteiger partial charge in [-0.3, -0.25) is 0 Å². The van der Waals surface area contributed by atoms with Crippen LogP contribution in [0.3, 0.4) is 0 Å². The van der Waals surface area contributed by atoms with Crippen LogP contribution in [0.2, 0.25) is 0 Å². The molecule has 1 aliphatic rings. The third-order valence-corrected chi connectivity index (χ3v) is 4.29. The topological polar surface area (TPSA) is 15.3 Å². The van der Waals surface area contributed by atoms with Gasteiger partial charge in [0.25, 0.3) is 0 Å². The summed E-state index contributed by atoms with van der Waals surface area (Å²) in [7, 11) is 0. The third kappa shape index (κ3) is 4.24. The van der Waals surface area contributed by atoms with E-state index in [1.54, 1.807) is 0 Å². The number of nitrogens with zero attached hydrogens (tertiary/aromatic N) is 1. The van der Waals surface area contributed by atoms with Crippen LogP contribution in [-0.4, -0.2) is 19.1 Å². The van der Waals surface area contributed by atoms with Gasteiger partial charge in [0, 0.05) is 31.4 Å². The van der Waals surface area contributed by atoms with Gasteiger partial charge in [-0.15, -0.1) is 0 Å². The summed E-state index contributed by atoms with van der Waals surface area (Å²) >= 11 is 0. The molecule has 2 heteroatoms. The van der Waals surface area contributed by atoms with Crippen molar-refractivity contribution in [2.75, 3.05) is 18.0 Å². The van der Waals surface area contributed by atoms with Crippen molar-refractivity contribution in [1.82, 2.24) is 5.32 Å². The quantitative estimate of drug-likeness (QED) is 0.888. The normalized spacial score (nSPS) is 20.2. The number of rotatable bonds is 4. The molecule has 1 saturated heterocycles. The Kier molecular flexibility index (Phi) is 5.47. The highest BCUT2D eigenvalue weighted by Crippen LogP contribution is 2.26. The van der Waals surface area contributed by atoms with Crippen LogP contribution in [0.5, 0.6) is 0 Å². The van der Waals surface area contributed by atoms with Gasteiger partial charge in [-0.1, -0.05) is 38.5 Å². The molecule has 2 rings (SSSR count). The monoisotopic (exact) mass is 274 g/mol. The maximum Gasteiger partial charge on any atom is 0.0412 e. The van der Waals surface area contributed by atoms with Crippen LogP contribution >= 0.6 is 0 Å². The van der Waals surface area contributed by atoms with E-state index >= 15 is 0 Å². The molecule has 20 heavy (non-hydrogen) atoms. The van der Waals surface area contributed by atoms with Crippen molar-refractivity contribution in [3.8, 4) is 0 Å². The van der Waals surface area contributed by atoms with Crippen LogP contribution in [-0.2, 0) is 6.54 Å². The maximum atomic E-state index is 3.57. The van der Waals surface area contributed by atoms with Crippen LogP contribution in [0.25, 0.3) is 0 Å². The average Bonchev–Trinajstić information content (AvgIpc) is 2.61. The zero-order valence-electron chi connectivity index (χ0n) is 13.6. The van der Waals surface area contributed by atoms with Crippen LogP contribution in [0.4, 0.5) is 5.69 Å². The molecule has 2 nitrogen and oxygen atoms in total. The summed E-state index contributed by atoms with van der Waals surface area (Å²) in [6.45, 7) is 12.4. The molecule has 1 unspecified atom stereocenters. The molecule has 1 aromatic carbocycles. The van der Waals surface area contributed by atoms with Crippen molar-refractivity contribution >= 4 is 5.69 Å². The lowest BCUT2D eigenvalue weighted by Crippen LogP contribution is -2.28. The summed E-state index contributed by atoms with van der Waals surface area (Å²) in [5, 5.41) is 3.57. The lowest BCUT2D eigenvalue weighted by atomic mass is 10.0. The van der Waals surface area contributed by atoms with Crippen LogP contribution in [0.1, 0.15) is 51.2 Å². The minimum Gasteiger partial charge on any atom is -0.371 e. The van der Waals surface area contributed by atoms with Gasteiger partial charge >= 0.3 is 0 Å². The number of benzene rings is 1. The summed E-state index contributed by atoms with van der Waals surface area (Å²) in [6.07, 6.45) is 4.03. The molecular formula is C18H30N2. The van der Waals surface area contributed by atoms with Gasteiger partial charge in [0.2, 0.25) is 0 Å². The summed E-state index contributed by atoms with van der Waals surface area (Å²) in [5.74, 6) is 0.877. The second-order valence-electron chi connectivity index (χ2n) is 6.69. The molecule has 0 spiro atoms. The third-order valence-electron chi connectivity index (χ3n) is 4.29. The van der Waals surface area contributed by atoms with Gasteiger partial charge in [0.1, 0.15) is 0 Å². The Morgan fingerprint density at radius 3 is 2.80 bits per heavy atom. The summed E-state index contributed by atoms with van der Waals surface area (Å²) in [4.78, 5) is 2.60. The molecule has 1 fully saturated rings. The van der Waals surface area contributed by atoms with Crippen LogP contribution in [0.15, 0.2) is 18.2 Å². The number of nitrogens with one attached hydrogen (secondary N) is 1. The van der Waals surface area contributed by atoms with Gasteiger partial charge in [-0.05, 0) is 43.7 Å². The highest BCUT2D eigenvalue weighted by atomic mass is 15.1. The van der Waals surface area contributed by atoms with Gasteiger partial charge in [-0.25, -0.2) is 0 Å². The average molecular weight is 274 g/mol. The van der Waals surface area contributed by atoms with E-state index in [4.69, 9.17) is 0 Å². The molecule has 112 valence electrons. The Hall–Kier alpha value is -1.02. The van der Waals surface area contributed by atoms with E-state index < -0.39 is 0 Å². The largest absolute Gasteiger partial charge is 0.371 e. The zero-order chi connectivity index (χ0) is 14.5. The number of anilines is 1. The summed E-state index contributed by atoms with van der Waals surface area (Å²) in [6, 6.07) is 7.46. The van der Waals surface area contributed by atoms with Gasteiger partial charge in [0.05, 0.1) is 0 Å². The van der Waals surface area contributed by atoms with E-state index in [0.29, 0.717) is 6.04 Å². The molecule has 1 aliphatic heterocycles. The number of aryl methyl sites for hydroxylation is 1. The Bertz CT molecular complexity index is 425. The highest BCUT2D eigenvalue weighted by Gasteiger charge is 2.16. The predicted molar refractivity (Wildman–Crippen MR) is 88.4 cm³/mol. The lowest BCUT2D eigenvalue weighted by molar-refractivity contribution is 0.521. The fourth-order valence-corrected chi connectivity index (χ4v) is 2.98. The Labute approximate surface area is 124 Å². The van der Waals surface area contributed by atoms with E-state index in [0.717, 1.165) is 12.5 Å². The van der Waals surface area contributed by atoms with Crippen LogP contribution < -0.4 is 10.2 Å². The number of hydrogen-bond acceptors (Lipinski definition) is 2. The first-order valence-corrected chi connectivity index (χ1v) is 8.14. The van der Waals surface area contributed by atoms with Crippen LogP contribution in [0, 0.1) is 12.8 Å². The van der Waals surface area contributed by atoms with Crippen molar-refractivity contribution in [1.29, 1.82) is 0 Å². The fourth-order valence-electron chi connectivity index (χ4n) is 2.98. The molecule has 0 radical (unpaired) electrons. The SMILES string of the molecule is Cc1ccc(N2CCCC(C)CC2)c(CNC(C)C)c1. The van der Waals surface area contributed by atoms with Gasteiger partial charge in [0.15, 0.2) is 0 Å². The molecule has 1 aromatic rings. The molecule has 1 atom stereocenters. The number of hydrogen-bond donors (Lipinski definition) is 1. The van der Waals surface area contributed by atoms with E-state index in [1.165, 1.54) is 49.2 Å². The molecule has 0 amide bonds. The first-order valence-electron chi connectivity index (χ1n) is 8.14. The fraction of sp³-hybridized carbons (Fsp3) is 0.667. The molecule has 1 N–H and O–H groups in total. The second kappa shape index (κ2) is 7.12. The second-order valence-corrected chi connectivity index (χ2v) is 6.69. The molecule has 0 aliphatic carbocycles. The highest BCUT2D eigenvalue weighted by molar-refractivity contribution is 5.55. The van der Waals surface area contributed by atoms with Crippen molar-refractivity contribution in [3.63, 3.8) is 0 Å². The first kappa shape index (κ1) is 15.4. The molecule has 0 saturated carbocycles. The Balaban J connectivity index is 2.16. The predicted octanol–water partition coefficient (Wildman–Crippen LogP) is 4.12. The minimum absolute atomic E-state index is 0.535. The van der Waals surface area contributed by atoms with Crippen molar-refractivity contribution < 1.29 is 0 Å².